The predicted molar refractivity (Wildman–Crippen MR) is 86.3 cm³/mol. The Balaban J connectivity index is 1.50. The molecule has 3 nitrogen and oxygen atoms in total. The molecule has 6 atom stereocenters. The van der Waals surface area contributed by atoms with Gasteiger partial charge in [-0.15, -0.1) is 0 Å². The van der Waals surface area contributed by atoms with Gasteiger partial charge in [0, 0.05) is 5.92 Å². The fraction of sp³-hybridized carbons (Fsp3) is 0.842. The summed E-state index contributed by atoms with van der Waals surface area (Å²) in [5, 5.41) is 0. The number of fused-ring (bicyclic) bond motifs is 1. The van der Waals surface area contributed by atoms with E-state index in [4.69, 9.17) is 9.47 Å². The first-order valence-electron chi connectivity index (χ1n) is 9.16. The second kappa shape index (κ2) is 7.27. The molecular formula is C19H30O3. The molecule has 4 aliphatic rings. The molecule has 124 valence electrons. The molecule has 0 unspecified atom stereocenters. The van der Waals surface area contributed by atoms with E-state index in [9.17, 15) is 4.79 Å². The Labute approximate surface area is 134 Å². The van der Waals surface area contributed by atoms with Crippen LogP contribution in [-0.2, 0) is 14.3 Å². The van der Waals surface area contributed by atoms with Gasteiger partial charge in [0.2, 0.25) is 6.29 Å². The smallest absolute Gasteiger partial charge is 0.218 e. The highest BCUT2D eigenvalue weighted by Crippen LogP contribution is 2.47. The molecular weight excluding hydrogens is 276 g/mol. The first kappa shape index (κ1) is 16.2. The normalized spacial score (nSPS) is 38.1. The number of Topliss-reactive ketones (excluding diaryl/α,β-unsaturated/α-hetero) is 1. The van der Waals surface area contributed by atoms with Crippen molar-refractivity contribution in [1.82, 2.24) is 0 Å². The maximum atomic E-state index is 12.7. The van der Waals surface area contributed by atoms with Gasteiger partial charge in [-0.05, 0) is 42.9 Å². The summed E-state index contributed by atoms with van der Waals surface area (Å²) in [7, 11) is 0. The lowest BCUT2D eigenvalue weighted by atomic mass is 9.60. The van der Waals surface area contributed by atoms with Gasteiger partial charge in [0.1, 0.15) is 0 Å². The molecule has 22 heavy (non-hydrogen) atoms. The Morgan fingerprint density at radius 3 is 2.77 bits per heavy atom. The van der Waals surface area contributed by atoms with E-state index in [0.717, 1.165) is 6.42 Å². The van der Waals surface area contributed by atoms with Crippen LogP contribution in [0.3, 0.4) is 0 Å². The van der Waals surface area contributed by atoms with Gasteiger partial charge in [-0.3, -0.25) is 4.79 Å². The Hall–Kier alpha value is -0.670. The van der Waals surface area contributed by atoms with E-state index in [1.807, 2.05) is 0 Å². The summed E-state index contributed by atoms with van der Waals surface area (Å²) in [4.78, 5) is 12.7. The molecule has 0 aromatic carbocycles. The van der Waals surface area contributed by atoms with Crippen molar-refractivity contribution in [1.29, 1.82) is 0 Å². The Morgan fingerprint density at radius 2 is 2.05 bits per heavy atom. The summed E-state index contributed by atoms with van der Waals surface area (Å²) in [5.41, 5.74) is 0. The average molecular weight is 306 g/mol. The highest BCUT2D eigenvalue weighted by Gasteiger charge is 2.49. The molecule has 0 amide bonds. The Morgan fingerprint density at radius 1 is 1.27 bits per heavy atom. The van der Waals surface area contributed by atoms with E-state index in [1.54, 1.807) is 0 Å². The molecule has 1 saturated heterocycles. The first-order chi connectivity index (χ1) is 10.7. The standard InChI is InChI=1S/C19H30O3/c1-3-4-5-6-13(2)11-21-19-18(20)17-15-9-7-14(8-10-15)16(17)12-22-19/h7,9,13-17,19H,3-6,8,10-12H2,1-2H3/t13-,14+,15-,16+,17-,19+/m1/s1. The van der Waals surface area contributed by atoms with Gasteiger partial charge in [-0.25, -0.2) is 0 Å². The monoisotopic (exact) mass is 306 g/mol. The number of carbonyl (C=O) groups is 1. The van der Waals surface area contributed by atoms with Crippen LogP contribution < -0.4 is 0 Å². The summed E-state index contributed by atoms with van der Waals surface area (Å²) in [6, 6.07) is 0. The van der Waals surface area contributed by atoms with Crippen LogP contribution in [0.4, 0.5) is 0 Å². The zero-order valence-electron chi connectivity index (χ0n) is 14.0. The third-order valence-electron chi connectivity index (χ3n) is 5.74. The predicted octanol–water partition coefficient (Wildman–Crippen LogP) is 3.97. The van der Waals surface area contributed by atoms with Crippen LogP contribution in [0, 0.1) is 29.6 Å². The molecule has 1 aliphatic heterocycles. The SMILES string of the molecule is CCCCC[C@@H](C)CO[C@H]1OC[C@@H]2[C@H](C1=O)[C@@H]1C=C[C@H]2CC1. The van der Waals surface area contributed by atoms with E-state index >= 15 is 0 Å². The maximum Gasteiger partial charge on any atom is 0.218 e. The van der Waals surface area contributed by atoms with E-state index in [0.29, 0.717) is 36.9 Å². The molecule has 0 spiro atoms. The van der Waals surface area contributed by atoms with Gasteiger partial charge in [0.15, 0.2) is 5.78 Å². The van der Waals surface area contributed by atoms with Gasteiger partial charge in [0.25, 0.3) is 0 Å². The van der Waals surface area contributed by atoms with Crippen LogP contribution in [0.5, 0.6) is 0 Å². The van der Waals surface area contributed by atoms with E-state index in [1.165, 1.54) is 32.1 Å². The van der Waals surface area contributed by atoms with Gasteiger partial charge in [-0.2, -0.15) is 0 Å². The molecule has 1 heterocycles. The number of rotatable bonds is 7. The lowest BCUT2D eigenvalue weighted by Crippen LogP contribution is -2.52. The summed E-state index contributed by atoms with van der Waals surface area (Å²) in [6.45, 7) is 5.76. The van der Waals surface area contributed by atoms with Gasteiger partial charge in [0.05, 0.1) is 13.2 Å². The van der Waals surface area contributed by atoms with E-state index in [2.05, 4.69) is 26.0 Å². The molecule has 1 saturated carbocycles. The second-order valence-electron chi connectivity index (χ2n) is 7.48. The summed E-state index contributed by atoms with van der Waals surface area (Å²) < 4.78 is 11.6. The number of ether oxygens (including phenoxy) is 2. The zero-order valence-corrected chi connectivity index (χ0v) is 14.0. The molecule has 0 aromatic heterocycles. The largest absolute Gasteiger partial charge is 0.346 e. The number of allylic oxidation sites excluding steroid dienone is 2. The minimum absolute atomic E-state index is 0.151. The zero-order chi connectivity index (χ0) is 15.5. The summed E-state index contributed by atoms with van der Waals surface area (Å²) >= 11 is 0. The van der Waals surface area contributed by atoms with Crippen LogP contribution in [0.2, 0.25) is 0 Å². The summed E-state index contributed by atoms with van der Waals surface area (Å²) in [5.74, 6) is 2.24. The number of hydrogen-bond acceptors (Lipinski definition) is 3. The lowest BCUT2D eigenvalue weighted by Gasteiger charge is -2.47. The minimum Gasteiger partial charge on any atom is -0.346 e. The van der Waals surface area contributed by atoms with Crippen LogP contribution >= 0.6 is 0 Å². The van der Waals surface area contributed by atoms with Crippen LogP contribution in [0.15, 0.2) is 12.2 Å². The quantitative estimate of drug-likeness (QED) is 0.527. The fourth-order valence-electron chi connectivity index (χ4n) is 4.40. The van der Waals surface area contributed by atoms with Crippen molar-refractivity contribution < 1.29 is 14.3 Å². The van der Waals surface area contributed by atoms with Crippen molar-refractivity contribution >= 4 is 5.78 Å². The van der Waals surface area contributed by atoms with Gasteiger partial charge in [-0.1, -0.05) is 45.3 Å². The van der Waals surface area contributed by atoms with Gasteiger partial charge >= 0.3 is 0 Å². The minimum atomic E-state index is -0.609. The Kier molecular flexibility index (Phi) is 5.35. The van der Waals surface area contributed by atoms with Gasteiger partial charge < -0.3 is 9.47 Å². The fourth-order valence-corrected chi connectivity index (χ4v) is 4.40. The molecule has 4 rings (SSSR count). The summed E-state index contributed by atoms with van der Waals surface area (Å²) in [6.07, 6.45) is 11.3. The molecule has 3 aliphatic carbocycles. The first-order valence-corrected chi connectivity index (χ1v) is 9.16. The van der Waals surface area contributed by atoms with Crippen LogP contribution in [0.25, 0.3) is 0 Å². The van der Waals surface area contributed by atoms with Crippen molar-refractivity contribution in [3.63, 3.8) is 0 Å². The molecule has 2 fully saturated rings. The third kappa shape index (κ3) is 3.30. The number of hydrogen-bond donors (Lipinski definition) is 0. The highest BCUT2D eigenvalue weighted by molar-refractivity contribution is 5.86. The number of carbonyl (C=O) groups excluding carboxylic acids is 1. The molecule has 0 N–H and O–H groups in total. The highest BCUT2D eigenvalue weighted by atomic mass is 16.7. The number of ketones is 1. The third-order valence-corrected chi connectivity index (χ3v) is 5.74. The van der Waals surface area contributed by atoms with Crippen molar-refractivity contribution in [2.45, 2.75) is 58.7 Å². The second-order valence-corrected chi connectivity index (χ2v) is 7.48. The molecule has 2 bridgehead atoms. The van der Waals surface area contributed by atoms with Crippen LogP contribution in [-0.4, -0.2) is 25.3 Å². The molecule has 0 radical (unpaired) electrons. The molecule has 3 heteroatoms. The van der Waals surface area contributed by atoms with Crippen molar-refractivity contribution in [3.8, 4) is 0 Å². The van der Waals surface area contributed by atoms with E-state index < -0.39 is 6.29 Å². The Bertz CT molecular complexity index is 417. The van der Waals surface area contributed by atoms with Crippen LogP contribution in [0.1, 0.15) is 52.4 Å². The topological polar surface area (TPSA) is 35.5 Å². The van der Waals surface area contributed by atoms with E-state index in [-0.39, 0.29) is 11.7 Å². The number of unbranched alkanes of at least 4 members (excludes halogenated alkanes) is 2. The average Bonchev–Trinajstić information content (AvgIpc) is 2.55. The van der Waals surface area contributed by atoms with Crippen molar-refractivity contribution in [3.05, 3.63) is 12.2 Å². The van der Waals surface area contributed by atoms with Crippen molar-refractivity contribution in [2.24, 2.45) is 29.6 Å². The lowest BCUT2D eigenvalue weighted by molar-refractivity contribution is -0.206. The van der Waals surface area contributed by atoms with Crippen molar-refractivity contribution in [2.75, 3.05) is 13.2 Å². The molecule has 0 aromatic rings. The maximum absolute atomic E-state index is 12.7.